The van der Waals surface area contributed by atoms with E-state index in [1.54, 1.807) is 0 Å². The number of likely N-dealkylation sites (tertiary alicyclic amines) is 2. The predicted molar refractivity (Wildman–Crippen MR) is 91.6 cm³/mol. The number of likely N-dealkylation sites (N-methyl/N-ethyl adjacent to an activating group) is 1. The van der Waals surface area contributed by atoms with Gasteiger partial charge in [0.25, 0.3) is 0 Å². The van der Waals surface area contributed by atoms with Crippen molar-refractivity contribution in [1.82, 2.24) is 9.80 Å². The minimum Gasteiger partial charge on any atom is -0.453 e. The maximum absolute atomic E-state index is 11.7. The Morgan fingerprint density at radius 1 is 1.26 bits per heavy atom. The molecule has 0 unspecified atom stereocenters. The molecule has 0 aliphatic carbocycles. The van der Waals surface area contributed by atoms with Crippen molar-refractivity contribution in [3.05, 3.63) is 35.9 Å². The van der Waals surface area contributed by atoms with E-state index >= 15 is 0 Å². The fourth-order valence-electron chi connectivity index (χ4n) is 4.35. The number of rotatable bonds is 2. The van der Waals surface area contributed by atoms with E-state index in [9.17, 15) is 4.79 Å². The van der Waals surface area contributed by atoms with Crippen LogP contribution in [0.2, 0.25) is 0 Å². The second kappa shape index (κ2) is 6.91. The van der Waals surface area contributed by atoms with Gasteiger partial charge in [-0.25, -0.2) is 4.79 Å². The van der Waals surface area contributed by atoms with Gasteiger partial charge >= 0.3 is 6.09 Å². The zero-order valence-corrected chi connectivity index (χ0v) is 14.3. The number of nitrogens with zero attached hydrogens (tertiary/aromatic N) is 2. The summed E-state index contributed by atoms with van der Waals surface area (Å²) in [7, 11) is 1.47. The molecule has 2 saturated heterocycles. The van der Waals surface area contributed by atoms with E-state index in [2.05, 4.69) is 42.2 Å². The average Bonchev–Trinajstić information content (AvgIpc) is 2.62. The van der Waals surface area contributed by atoms with Gasteiger partial charge in [-0.3, -0.25) is 0 Å². The quantitative estimate of drug-likeness (QED) is 0.839. The lowest BCUT2D eigenvalue weighted by atomic mass is 9.68. The third-order valence-corrected chi connectivity index (χ3v) is 5.69. The molecule has 1 aromatic rings. The molecular formula is C19H28N2O2. The summed E-state index contributed by atoms with van der Waals surface area (Å²) in [4.78, 5) is 16.2. The highest BCUT2D eigenvalue weighted by Crippen LogP contribution is 2.45. The van der Waals surface area contributed by atoms with E-state index in [-0.39, 0.29) is 6.09 Å². The van der Waals surface area contributed by atoms with Gasteiger partial charge in [0, 0.05) is 26.2 Å². The van der Waals surface area contributed by atoms with Crippen molar-refractivity contribution >= 4 is 6.09 Å². The van der Waals surface area contributed by atoms with Crippen molar-refractivity contribution in [3.63, 3.8) is 0 Å². The Hall–Kier alpha value is -1.55. The lowest BCUT2D eigenvalue weighted by molar-refractivity contribution is 0.0157. The number of ether oxygens (including phenoxy) is 1. The van der Waals surface area contributed by atoms with Crippen LogP contribution in [0.4, 0.5) is 4.79 Å². The molecule has 23 heavy (non-hydrogen) atoms. The van der Waals surface area contributed by atoms with Crippen molar-refractivity contribution < 1.29 is 9.53 Å². The summed E-state index contributed by atoms with van der Waals surface area (Å²) in [6.45, 7) is 7.33. The van der Waals surface area contributed by atoms with E-state index < -0.39 is 0 Å². The minimum atomic E-state index is -0.178. The van der Waals surface area contributed by atoms with Gasteiger partial charge in [-0.15, -0.1) is 0 Å². The highest BCUT2D eigenvalue weighted by molar-refractivity contribution is 5.67. The summed E-state index contributed by atoms with van der Waals surface area (Å²) in [5, 5.41) is 0. The van der Waals surface area contributed by atoms with Crippen LogP contribution in [-0.2, 0) is 4.74 Å². The minimum absolute atomic E-state index is 0.178. The predicted octanol–water partition coefficient (Wildman–Crippen LogP) is 3.34. The van der Waals surface area contributed by atoms with Crippen LogP contribution in [0.15, 0.2) is 30.3 Å². The topological polar surface area (TPSA) is 32.8 Å². The van der Waals surface area contributed by atoms with Crippen LogP contribution >= 0.6 is 0 Å². The van der Waals surface area contributed by atoms with Crippen molar-refractivity contribution in [2.45, 2.75) is 32.1 Å². The maximum atomic E-state index is 11.7. The molecule has 0 aromatic heterocycles. The smallest absolute Gasteiger partial charge is 0.409 e. The van der Waals surface area contributed by atoms with Crippen molar-refractivity contribution in [1.29, 1.82) is 0 Å². The SMILES string of the molecule is CCN1C[C@H](c2ccccc2)CC2(CCN(C(=O)OC)CC2)C1. The van der Waals surface area contributed by atoms with Gasteiger partial charge in [-0.05, 0) is 42.7 Å². The summed E-state index contributed by atoms with van der Waals surface area (Å²) < 4.78 is 4.87. The van der Waals surface area contributed by atoms with Crippen molar-refractivity contribution in [2.75, 3.05) is 39.8 Å². The Kier molecular flexibility index (Phi) is 4.90. The summed E-state index contributed by atoms with van der Waals surface area (Å²) >= 11 is 0. The van der Waals surface area contributed by atoms with Crippen molar-refractivity contribution in [3.8, 4) is 0 Å². The molecule has 0 bridgehead atoms. The monoisotopic (exact) mass is 316 g/mol. The summed E-state index contributed by atoms with van der Waals surface area (Å²) in [6, 6.07) is 10.9. The van der Waals surface area contributed by atoms with Crippen LogP contribution in [-0.4, -0.2) is 55.7 Å². The van der Waals surface area contributed by atoms with Gasteiger partial charge < -0.3 is 14.5 Å². The fraction of sp³-hybridized carbons (Fsp3) is 0.632. The second-order valence-corrected chi connectivity index (χ2v) is 7.10. The first-order valence-electron chi connectivity index (χ1n) is 8.76. The third-order valence-electron chi connectivity index (χ3n) is 5.69. The average molecular weight is 316 g/mol. The molecule has 2 fully saturated rings. The molecular weight excluding hydrogens is 288 g/mol. The van der Waals surface area contributed by atoms with Crippen LogP contribution in [0, 0.1) is 5.41 Å². The first-order valence-corrected chi connectivity index (χ1v) is 8.76. The number of amides is 1. The molecule has 3 rings (SSSR count). The second-order valence-electron chi connectivity index (χ2n) is 7.10. The Bertz CT molecular complexity index is 523. The van der Waals surface area contributed by atoms with Crippen LogP contribution in [0.25, 0.3) is 0 Å². The number of hydrogen-bond donors (Lipinski definition) is 0. The van der Waals surface area contributed by atoms with E-state index in [1.807, 2.05) is 4.90 Å². The Balaban J connectivity index is 1.73. The van der Waals surface area contributed by atoms with Gasteiger partial charge in [-0.1, -0.05) is 37.3 Å². The number of carbonyl (C=O) groups excluding carboxylic acids is 1. The number of piperidine rings is 2. The number of benzene rings is 1. The highest BCUT2D eigenvalue weighted by atomic mass is 16.5. The van der Waals surface area contributed by atoms with Crippen molar-refractivity contribution in [2.24, 2.45) is 5.41 Å². The summed E-state index contributed by atoms with van der Waals surface area (Å²) in [5.74, 6) is 0.606. The zero-order chi connectivity index (χ0) is 16.3. The molecule has 1 atom stereocenters. The van der Waals surface area contributed by atoms with E-state index in [0.717, 1.165) is 39.0 Å². The maximum Gasteiger partial charge on any atom is 0.409 e. The van der Waals surface area contributed by atoms with Gasteiger partial charge in [0.1, 0.15) is 0 Å². The number of carbonyl (C=O) groups is 1. The molecule has 1 aromatic carbocycles. The first kappa shape index (κ1) is 16.3. The Morgan fingerprint density at radius 2 is 1.96 bits per heavy atom. The van der Waals surface area contributed by atoms with Gasteiger partial charge in [0.15, 0.2) is 0 Å². The highest BCUT2D eigenvalue weighted by Gasteiger charge is 2.42. The van der Waals surface area contributed by atoms with Crippen LogP contribution in [0.3, 0.4) is 0 Å². The van der Waals surface area contributed by atoms with Crippen LogP contribution in [0.5, 0.6) is 0 Å². The molecule has 4 nitrogen and oxygen atoms in total. The molecule has 1 spiro atoms. The number of hydrogen-bond acceptors (Lipinski definition) is 3. The van der Waals surface area contributed by atoms with E-state index in [0.29, 0.717) is 11.3 Å². The standard InChI is InChI=1S/C19H28N2O2/c1-3-20-14-17(16-7-5-4-6-8-16)13-19(15-20)9-11-21(12-10-19)18(22)23-2/h4-8,17H,3,9-15H2,1-2H3/t17-/m1/s1. The molecule has 0 radical (unpaired) electrons. The largest absolute Gasteiger partial charge is 0.453 e. The third kappa shape index (κ3) is 3.52. The van der Waals surface area contributed by atoms with Gasteiger partial charge in [-0.2, -0.15) is 0 Å². The molecule has 2 heterocycles. The molecule has 0 saturated carbocycles. The van der Waals surface area contributed by atoms with Crippen LogP contribution in [0.1, 0.15) is 37.7 Å². The molecule has 2 aliphatic heterocycles. The van der Waals surface area contributed by atoms with Gasteiger partial charge in [0.2, 0.25) is 0 Å². The molecule has 4 heteroatoms. The van der Waals surface area contributed by atoms with Gasteiger partial charge in [0.05, 0.1) is 7.11 Å². The van der Waals surface area contributed by atoms with Crippen LogP contribution < -0.4 is 0 Å². The molecule has 126 valence electrons. The zero-order valence-electron chi connectivity index (χ0n) is 14.3. The lowest BCUT2D eigenvalue weighted by Gasteiger charge is -2.50. The molecule has 0 N–H and O–H groups in total. The Morgan fingerprint density at radius 3 is 2.57 bits per heavy atom. The first-order chi connectivity index (χ1) is 11.2. The fourth-order valence-corrected chi connectivity index (χ4v) is 4.35. The van der Waals surface area contributed by atoms with E-state index in [4.69, 9.17) is 4.74 Å². The molecule has 2 aliphatic rings. The van der Waals surface area contributed by atoms with E-state index in [1.165, 1.54) is 25.6 Å². The number of methoxy groups -OCH3 is 1. The summed E-state index contributed by atoms with van der Waals surface area (Å²) in [6.07, 6.45) is 3.23. The summed E-state index contributed by atoms with van der Waals surface area (Å²) in [5.41, 5.74) is 1.81. The Labute approximate surface area is 139 Å². The lowest BCUT2D eigenvalue weighted by Crippen LogP contribution is -2.52. The normalized spacial score (nSPS) is 24.6. The molecule has 1 amide bonds.